The lowest BCUT2D eigenvalue weighted by Gasteiger charge is -2.33. The van der Waals surface area contributed by atoms with Crippen molar-refractivity contribution in [3.8, 4) is 28.7 Å². The monoisotopic (exact) mass is 548 g/mol. The van der Waals surface area contributed by atoms with Crippen molar-refractivity contribution in [2.45, 2.75) is 44.6 Å². The molecule has 39 heavy (non-hydrogen) atoms. The van der Waals surface area contributed by atoms with E-state index in [0.29, 0.717) is 49.8 Å². The number of anilines is 1. The van der Waals surface area contributed by atoms with E-state index in [0.717, 1.165) is 22.6 Å². The van der Waals surface area contributed by atoms with Gasteiger partial charge in [-0.2, -0.15) is 0 Å². The molecule has 0 bridgehead atoms. The number of ether oxygens (including phenoxy) is 1. The lowest BCUT2D eigenvalue weighted by atomic mass is 10.1. The summed E-state index contributed by atoms with van der Waals surface area (Å²) in [6, 6.07) is 18.6. The van der Waals surface area contributed by atoms with E-state index in [-0.39, 0.29) is 16.9 Å². The lowest BCUT2D eigenvalue weighted by molar-refractivity contribution is 0.242. The van der Waals surface area contributed by atoms with Gasteiger partial charge in [0.25, 0.3) is 5.56 Å². The van der Waals surface area contributed by atoms with Crippen LogP contribution in [0.1, 0.15) is 32.3 Å². The Morgan fingerprint density at radius 2 is 1.64 bits per heavy atom. The Balaban J connectivity index is 1.31. The predicted octanol–water partition coefficient (Wildman–Crippen LogP) is 4.41. The first-order chi connectivity index (χ1) is 18.7. The third-order valence-corrected chi connectivity index (χ3v) is 8.49. The van der Waals surface area contributed by atoms with E-state index in [1.54, 1.807) is 16.8 Å². The van der Waals surface area contributed by atoms with E-state index >= 15 is 0 Å². The Hall–Kier alpha value is -3.92. The van der Waals surface area contributed by atoms with Crippen molar-refractivity contribution in [1.29, 1.82) is 0 Å². The van der Waals surface area contributed by atoms with Crippen molar-refractivity contribution in [2.24, 2.45) is 0 Å². The maximum absolute atomic E-state index is 12.7. The maximum atomic E-state index is 12.7. The number of aromatic nitrogens is 3. The number of pyridine rings is 1. The summed E-state index contributed by atoms with van der Waals surface area (Å²) in [5.41, 5.74) is 3.27. The highest BCUT2D eigenvalue weighted by Crippen LogP contribution is 2.27. The number of nitrogens with zero attached hydrogens (tertiary/aromatic N) is 4. The summed E-state index contributed by atoms with van der Waals surface area (Å²) < 4.78 is 37.0. The Labute approximate surface area is 228 Å². The zero-order valence-corrected chi connectivity index (χ0v) is 23.1. The highest BCUT2D eigenvalue weighted by molar-refractivity contribution is 7.91. The Bertz CT molecular complexity index is 1600. The van der Waals surface area contributed by atoms with Crippen LogP contribution in [0.2, 0.25) is 0 Å². The van der Waals surface area contributed by atoms with Gasteiger partial charge in [0, 0.05) is 42.9 Å². The summed E-state index contributed by atoms with van der Waals surface area (Å²) >= 11 is 0. The molecule has 1 aliphatic rings. The molecule has 204 valence electrons. The highest BCUT2D eigenvalue weighted by Gasteiger charge is 2.26. The molecule has 9 nitrogen and oxygen atoms in total. The van der Waals surface area contributed by atoms with Gasteiger partial charge in [-0.25, -0.2) is 8.42 Å². The minimum Gasteiger partial charge on any atom is -0.491 e. The molecule has 3 heterocycles. The van der Waals surface area contributed by atoms with E-state index in [1.165, 1.54) is 12.3 Å². The second-order valence-electron chi connectivity index (χ2n) is 10.2. The molecule has 10 heteroatoms. The Morgan fingerprint density at radius 3 is 2.31 bits per heavy atom. The van der Waals surface area contributed by atoms with Crippen LogP contribution in [-0.4, -0.2) is 53.9 Å². The minimum atomic E-state index is -3.02. The van der Waals surface area contributed by atoms with Gasteiger partial charge < -0.3 is 18.6 Å². The lowest BCUT2D eigenvalue weighted by Crippen LogP contribution is -2.39. The van der Waals surface area contributed by atoms with Crippen LogP contribution in [0.5, 0.6) is 5.75 Å². The number of hydrogen-bond donors (Lipinski definition) is 0. The van der Waals surface area contributed by atoms with Crippen LogP contribution in [0.25, 0.3) is 22.9 Å². The molecule has 2 aromatic carbocycles. The molecule has 5 rings (SSSR count). The van der Waals surface area contributed by atoms with Crippen LogP contribution in [0.15, 0.2) is 76.1 Å². The van der Waals surface area contributed by atoms with Crippen LogP contribution < -0.4 is 15.2 Å². The first-order valence-corrected chi connectivity index (χ1v) is 15.0. The summed E-state index contributed by atoms with van der Waals surface area (Å²) in [5, 5.41) is 8.11. The van der Waals surface area contributed by atoms with Crippen molar-refractivity contribution >= 4 is 15.5 Å². The molecule has 0 radical (unpaired) electrons. The fraction of sp³-hybridized carbons (Fsp3) is 0.345. The average molecular weight is 549 g/mol. The van der Waals surface area contributed by atoms with Crippen LogP contribution in [0.4, 0.5) is 5.69 Å². The molecular formula is C29H32N4O5S. The van der Waals surface area contributed by atoms with Gasteiger partial charge in [-0.05, 0) is 74.7 Å². The normalized spacial score (nSPS) is 14.6. The average Bonchev–Trinajstić information content (AvgIpc) is 3.40. The molecule has 0 spiro atoms. The molecule has 0 saturated carbocycles. The van der Waals surface area contributed by atoms with E-state index in [9.17, 15) is 13.2 Å². The summed E-state index contributed by atoms with van der Waals surface area (Å²) in [6.07, 6.45) is 4.36. The van der Waals surface area contributed by atoms with Gasteiger partial charge >= 0.3 is 0 Å². The maximum Gasteiger partial charge on any atom is 0.250 e. The molecule has 0 amide bonds. The fourth-order valence-corrected chi connectivity index (χ4v) is 5.84. The fourth-order valence-electron chi connectivity index (χ4n) is 4.78. The van der Waals surface area contributed by atoms with Crippen molar-refractivity contribution in [3.63, 3.8) is 0 Å². The zero-order valence-electron chi connectivity index (χ0n) is 22.3. The van der Waals surface area contributed by atoms with Crippen molar-refractivity contribution in [3.05, 3.63) is 82.8 Å². The SMILES string of the molecule is CC(C)Oc1ccc(-c2nnc(-c3ccc(=O)n(Cc4cccc(N5CCC(S(C)(=O)=O)CC5)c4)c3)o2)cc1. The van der Waals surface area contributed by atoms with E-state index < -0.39 is 9.84 Å². The number of rotatable bonds is 8. The van der Waals surface area contributed by atoms with E-state index in [4.69, 9.17) is 9.15 Å². The molecule has 4 aromatic rings. The first-order valence-electron chi connectivity index (χ1n) is 13.0. The molecule has 0 atom stereocenters. The quantitative estimate of drug-likeness (QED) is 0.319. The van der Waals surface area contributed by atoms with Gasteiger partial charge in [0.2, 0.25) is 11.8 Å². The minimum absolute atomic E-state index is 0.0866. The molecule has 2 aromatic heterocycles. The smallest absolute Gasteiger partial charge is 0.250 e. The van der Waals surface area contributed by atoms with Gasteiger partial charge in [-0.3, -0.25) is 4.79 Å². The molecule has 1 aliphatic heterocycles. The highest BCUT2D eigenvalue weighted by atomic mass is 32.2. The second kappa shape index (κ2) is 11.1. The Kier molecular flexibility index (Phi) is 7.56. The van der Waals surface area contributed by atoms with Crippen LogP contribution in [0.3, 0.4) is 0 Å². The van der Waals surface area contributed by atoms with Gasteiger partial charge in [0.05, 0.1) is 23.5 Å². The van der Waals surface area contributed by atoms with Gasteiger partial charge in [0.1, 0.15) is 15.6 Å². The third kappa shape index (κ3) is 6.39. The number of benzene rings is 2. The zero-order chi connectivity index (χ0) is 27.6. The molecular weight excluding hydrogens is 516 g/mol. The largest absolute Gasteiger partial charge is 0.491 e. The van der Waals surface area contributed by atoms with Gasteiger partial charge in [-0.15, -0.1) is 10.2 Å². The first kappa shape index (κ1) is 26.7. The summed E-state index contributed by atoms with van der Waals surface area (Å²) in [6.45, 7) is 5.69. The van der Waals surface area contributed by atoms with Crippen molar-refractivity contribution in [1.82, 2.24) is 14.8 Å². The van der Waals surface area contributed by atoms with E-state index in [1.807, 2.05) is 56.3 Å². The van der Waals surface area contributed by atoms with Crippen LogP contribution >= 0.6 is 0 Å². The van der Waals surface area contributed by atoms with Crippen LogP contribution in [0, 0.1) is 0 Å². The molecule has 1 fully saturated rings. The van der Waals surface area contributed by atoms with Crippen molar-refractivity contribution in [2.75, 3.05) is 24.2 Å². The number of piperidine rings is 1. The summed E-state index contributed by atoms with van der Waals surface area (Å²) in [7, 11) is -3.02. The van der Waals surface area contributed by atoms with Gasteiger partial charge in [0.15, 0.2) is 0 Å². The molecule has 0 N–H and O–H groups in total. The number of hydrogen-bond acceptors (Lipinski definition) is 8. The molecule has 0 aliphatic carbocycles. The molecule has 0 unspecified atom stereocenters. The third-order valence-electron chi connectivity index (χ3n) is 6.80. The van der Waals surface area contributed by atoms with E-state index in [2.05, 4.69) is 21.2 Å². The van der Waals surface area contributed by atoms with Crippen LogP contribution in [-0.2, 0) is 16.4 Å². The second-order valence-corrected chi connectivity index (χ2v) is 12.5. The number of sulfone groups is 1. The standard InChI is InChI=1S/C29H32N4O5S/c1-20(2)37-25-10-7-22(8-11-25)28-30-31-29(38-28)23-9-12-27(34)33(19-23)18-21-5-4-6-24(17-21)32-15-13-26(14-16-32)39(3,35)36/h4-12,17,19-20,26H,13-16,18H2,1-3H3. The molecule has 1 saturated heterocycles. The van der Waals surface area contributed by atoms with Gasteiger partial charge in [-0.1, -0.05) is 12.1 Å². The Morgan fingerprint density at radius 1 is 0.974 bits per heavy atom. The summed E-state index contributed by atoms with van der Waals surface area (Å²) in [4.78, 5) is 14.9. The topological polar surface area (TPSA) is 108 Å². The summed E-state index contributed by atoms with van der Waals surface area (Å²) in [5.74, 6) is 1.47. The predicted molar refractivity (Wildman–Crippen MR) is 151 cm³/mol. The van der Waals surface area contributed by atoms with Crippen molar-refractivity contribution < 1.29 is 17.6 Å².